The van der Waals surface area contributed by atoms with Crippen molar-refractivity contribution in [2.75, 3.05) is 51.7 Å². The zero-order chi connectivity index (χ0) is 37.1. The molecule has 8 rings (SSSR count). The van der Waals surface area contributed by atoms with E-state index in [-0.39, 0.29) is 65.3 Å². The smallest absolute Gasteiger partial charge is 0.410 e. The van der Waals surface area contributed by atoms with E-state index in [2.05, 4.69) is 9.80 Å². The number of fused-ring (bicyclic) bond motifs is 5. The van der Waals surface area contributed by atoms with E-state index in [0.717, 1.165) is 55.8 Å². The summed E-state index contributed by atoms with van der Waals surface area (Å²) >= 11 is 7.08. The summed E-state index contributed by atoms with van der Waals surface area (Å²) in [6, 6.07) is 13.1. The first kappa shape index (κ1) is 36.0. The molecule has 53 heavy (non-hydrogen) atoms. The number of benzene rings is 3. The molecule has 1 aromatic heterocycles. The van der Waals surface area contributed by atoms with Crippen LogP contribution in [-0.4, -0.2) is 107 Å². The lowest BCUT2D eigenvalue weighted by molar-refractivity contribution is 0.0122. The van der Waals surface area contributed by atoms with Crippen molar-refractivity contribution >= 4 is 45.2 Å². The van der Waals surface area contributed by atoms with Gasteiger partial charge >= 0.3 is 12.1 Å². The van der Waals surface area contributed by atoms with Gasteiger partial charge in [0.25, 0.3) is 0 Å². The normalized spacial score (nSPS) is 24.3. The Balaban J connectivity index is 1.22. The van der Waals surface area contributed by atoms with E-state index >= 15 is 4.39 Å². The van der Waals surface area contributed by atoms with E-state index in [1.54, 1.807) is 19.2 Å². The van der Waals surface area contributed by atoms with Gasteiger partial charge in [-0.3, -0.25) is 9.80 Å². The maximum Gasteiger partial charge on any atom is 0.410 e. The SMILES string of the molecule is COCOc1cc(-c2c(Cl)cc3c(N4CC5CCC(C4)N5C(=O)OC(C)(C)C)nc(OCC45CCCN4C(CO)CC5)nc3c2F)c2ccccc2c1. The van der Waals surface area contributed by atoms with Crippen LogP contribution in [0.3, 0.4) is 0 Å². The summed E-state index contributed by atoms with van der Waals surface area (Å²) in [7, 11) is 1.54. The van der Waals surface area contributed by atoms with Crippen LogP contribution < -0.4 is 14.4 Å². The Morgan fingerprint density at radius 1 is 1.04 bits per heavy atom. The lowest BCUT2D eigenvalue weighted by Gasteiger charge is -2.42. The highest BCUT2D eigenvalue weighted by molar-refractivity contribution is 6.35. The van der Waals surface area contributed by atoms with Gasteiger partial charge in [0.05, 0.1) is 29.3 Å². The number of piperazine rings is 1. The third-order valence-electron chi connectivity index (χ3n) is 11.4. The van der Waals surface area contributed by atoms with Crippen molar-refractivity contribution < 1.29 is 33.2 Å². The number of hydrogen-bond donors (Lipinski definition) is 1. The van der Waals surface area contributed by atoms with Gasteiger partial charge in [0.15, 0.2) is 12.6 Å². The molecular formula is C40H47ClFN5O6. The molecule has 1 N–H and O–H groups in total. The molecule has 4 aromatic rings. The Bertz CT molecular complexity index is 2030. The molecule has 11 nitrogen and oxygen atoms in total. The molecule has 4 aliphatic rings. The lowest BCUT2D eigenvalue weighted by atomic mass is 9.95. The number of anilines is 1. The molecule has 0 saturated carbocycles. The zero-order valence-corrected chi connectivity index (χ0v) is 31.5. The van der Waals surface area contributed by atoms with E-state index in [0.29, 0.717) is 42.2 Å². The molecular weight excluding hydrogens is 701 g/mol. The number of ether oxygens (including phenoxy) is 4. The standard InChI is InChI=1S/C40H47ClFN5O6/c1-39(2,3)53-38(49)47-25-10-11-26(47)20-45(19-25)36-31-18-32(41)33(30-17-28(52-23-50-4)16-24-8-5-6-9-29(24)30)34(42)35(31)43-37(44-36)51-22-40-13-7-15-46(40)27(21-48)12-14-40/h5-6,8-9,16-18,25-27,48H,7,10-15,19-23H2,1-4H3. The van der Waals surface area contributed by atoms with Crippen molar-refractivity contribution in [1.29, 1.82) is 0 Å². The van der Waals surface area contributed by atoms with Crippen LogP contribution in [0.2, 0.25) is 5.02 Å². The van der Waals surface area contributed by atoms with Gasteiger partial charge in [-0.1, -0.05) is 35.9 Å². The molecule has 5 heterocycles. The number of amides is 1. The number of aliphatic hydroxyl groups excluding tert-OH is 1. The minimum atomic E-state index is -0.611. The largest absolute Gasteiger partial charge is 0.468 e. The van der Waals surface area contributed by atoms with Gasteiger partial charge in [0, 0.05) is 37.2 Å². The molecule has 1 amide bonds. The summed E-state index contributed by atoms with van der Waals surface area (Å²) in [5, 5.41) is 12.4. The third kappa shape index (κ3) is 6.62. The number of hydrogen-bond acceptors (Lipinski definition) is 10. The van der Waals surface area contributed by atoms with Gasteiger partial charge in [-0.25, -0.2) is 9.18 Å². The summed E-state index contributed by atoms with van der Waals surface area (Å²) in [4.78, 5) is 29.4. The molecule has 3 aromatic carbocycles. The average molecular weight is 748 g/mol. The first-order chi connectivity index (χ1) is 25.5. The second-order valence-corrected chi connectivity index (χ2v) is 16.3. The highest BCUT2D eigenvalue weighted by Crippen LogP contribution is 2.45. The monoisotopic (exact) mass is 747 g/mol. The number of halogens is 2. The number of aliphatic hydroxyl groups is 1. The van der Waals surface area contributed by atoms with Crippen molar-refractivity contribution in [3.05, 3.63) is 53.3 Å². The summed E-state index contributed by atoms with van der Waals surface area (Å²) in [6.45, 7) is 7.96. The Kier molecular flexibility index (Phi) is 9.53. The van der Waals surface area contributed by atoms with Crippen molar-refractivity contribution in [2.24, 2.45) is 0 Å². The minimum Gasteiger partial charge on any atom is -0.468 e. The van der Waals surface area contributed by atoms with Crippen LogP contribution in [0.4, 0.5) is 15.0 Å². The molecule has 4 saturated heterocycles. The highest BCUT2D eigenvalue weighted by Gasteiger charge is 2.50. The van der Waals surface area contributed by atoms with E-state index in [9.17, 15) is 9.90 Å². The Morgan fingerprint density at radius 3 is 2.55 bits per heavy atom. The van der Waals surface area contributed by atoms with Crippen LogP contribution in [0.5, 0.6) is 11.8 Å². The lowest BCUT2D eigenvalue weighted by Crippen LogP contribution is -2.57. The topological polar surface area (TPSA) is 110 Å². The summed E-state index contributed by atoms with van der Waals surface area (Å²) in [5.74, 6) is 0.438. The fourth-order valence-corrected chi connectivity index (χ4v) is 9.40. The van der Waals surface area contributed by atoms with Crippen molar-refractivity contribution in [3.8, 4) is 22.9 Å². The molecule has 4 aliphatic heterocycles. The van der Waals surface area contributed by atoms with Crippen LogP contribution in [0.25, 0.3) is 32.8 Å². The number of rotatable bonds is 9. The Hall–Kier alpha value is -3.97. The van der Waals surface area contributed by atoms with Gasteiger partial charge in [0.2, 0.25) is 0 Å². The molecule has 2 bridgehead atoms. The Morgan fingerprint density at radius 2 is 1.81 bits per heavy atom. The van der Waals surface area contributed by atoms with Crippen LogP contribution >= 0.6 is 11.6 Å². The number of nitrogens with zero attached hydrogens (tertiary/aromatic N) is 5. The minimum absolute atomic E-state index is 0.0319. The van der Waals surface area contributed by atoms with E-state index in [4.69, 9.17) is 40.5 Å². The molecule has 282 valence electrons. The molecule has 0 aliphatic carbocycles. The van der Waals surface area contributed by atoms with Crippen molar-refractivity contribution in [3.63, 3.8) is 0 Å². The molecule has 0 spiro atoms. The van der Waals surface area contributed by atoms with Crippen molar-refractivity contribution in [2.45, 2.75) is 88.6 Å². The van der Waals surface area contributed by atoms with Crippen LogP contribution in [0, 0.1) is 5.82 Å². The summed E-state index contributed by atoms with van der Waals surface area (Å²) in [5.41, 5.74) is 0.0203. The van der Waals surface area contributed by atoms with Gasteiger partial charge in [-0.2, -0.15) is 9.97 Å². The number of aromatic nitrogens is 2. The van der Waals surface area contributed by atoms with Gasteiger partial charge in [0.1, 0.15) is 29.3 Å². The second-order valence-electron chi connectivity index (χ2n) is 15.9. The van der Waals surface area contributed by atoms with Crippen LogP contribution in [0.15, 0.2) is 42.5 Å². The van der Waals surface area contributed by atoms with Gasteiger partial charge in [-0.15, -0.1) is 0 Å². The van der Waals surface area contributed by atoms with Crippen LogP contribution in [-0.2, 0) is 9.47 Å². The van der Waals surface area contributed by atoms with Gasteiger partial charge in [-0.05, 0) is 100 Å². The maximum atomic E-state index is 17.4. The third-order valence-corrected chi connectivity index (χ3v) is 11.7. The molecule has 4 fully saturated rings. The average Bonchev–Trinajstić information content (AvgIpc) is 3.78. The predicted octanol–water partition coefficient (Wildman–Crippen LogP) is 7.18. The quantitative estimate of drug-likeness (QED) is 0.177. The second kappa shape index (κ2) is 14.0. The number of carbonyl (C=O) groups is 1. The van der Waals surface area contributed by atoms with Crippen molar-refractivity contribution in [1.82, 2.24) is 19.8 Å². The van der Waals surface area contributed by atoms with E-state index in [1.165, 1.54) is 0 Å². The fraction of sp³-hybridized carbons (Fsp3) is 0.525. The summed E-state index contributed by atoms with van der Waals surface area (Å²) in [6.07, 6.45) is 5.09. The molecule has 13 heteroatoms. The first-order valence-electron chi connectivity index (χ1n) is 18.6. The maximum absolute atomic E-state index is 17.4. The fourth-order valence-electron chi connectivity index (χ4n) is 9.11. The van der Waals surface area contributed by atoms with E-state index < -0.39 is 11.4 Å². The number of methoxy groups -OCH3 is 1. The molecule has 4 unspecified atom stereocenters. The first-order valence-corrected chi connectivity index (χ1v) is 19.0. The highest BCUT2D eigenvalue weighted by atomic mass is 35.5. The molecule has 4 atom stereocenters. The van der Waals surface area contributed by atoms with Crippen LogP contribution in [0.1, 0.15) is 59.3 Å². The molecule has 0 radical (unpaired) electrons. The summed E-state index contributed by atoms with van der Waals surface area (Å²) < 4.78 is 40.6. The number of carbonyl (C=O) groups excluding carboxylic acids is 1. The van der Waals surface area contributed by atoms with E-state index in [1.807, 2.05) is 56.0 Å². The van der Waals surface area contributed by atoms with Gasteiger partial charge < -0.3 is 29.0 Å². The Labute approximate surface area is 313 Å². The zero-order valence-electron chi connectivity index (χ0n) is 30.7. The predicted molar refractivity (Wildman–Crippen MR) is 201 cm³/mol.